The predicted octanol–water partition coefficient (Wildman–Crippen LogP) is 3.83. The van der Waals surface area contributed by atoms with E-state index in [0.717, 1.165) is 18.7 Å². The van der Waals surface area contributed by atoms with Gasteiger partial charge in [0.1, 0.15) is 17.2 Å². The van der Waals surface area contributed by atoms with E-state index in [1.54, 1.807) is 12.1 Å². The highest BCUT2D eigenvalue weighted by Gasteiger charge is 2.29. The Labute approximate surface area is 125 Å². The lowest BCUT2D eigenvalue weighted by Gasteiger charge is -2.16. The Hall–Kier alpha value is -1.87. The Bertz CT molecular complexity index is 651. The van der Waals surface area contributed by atoms with E-state index in [1.807, 2.05) is 12.1 Å². The Kier molecular flexibility index (Phi) is 3.68. The van der Waals surface area contributed by atoms with Gasteiger partial charge in [-0.05, 0) is 37.1 Å². The highest BCUT2D eigenvalue weighted by molar-refractivity contribution is 5.41. The van der Waals surface area contributed by atoms with Crippen molar-refractivity contribution < 1.29 is 9.13 Å². The van der Waals surface area contributed by atoms with Crippen molar-refractivity contribution in [3.63, 3.8) is 0 Å². The molecule has 2 aromatic rings. The van der Waals surface area contributed by atoms with Crippen molar-refractivity contribution in [2.45, 2.75) is 39.0 Å². The van der Waals surface area contributed by atoms with Crippen molar-refractivity contribution in [3.8, 4) is 5.75 Å². The van der Waals surface area contributed by atoms with Gasteiger partial charge in [0.05, 0.1) is 0 Å². The molecule has 1 N–H and O–H groups in total. The Morgan fingerprint density at radius 3 is 2.76 bits per heavy atom. The molecule has 21 heavy (non-hydrogen) atoms. The van der Waals surface area contributed by atoms with Crippen LogP contribution in [0.1, 0.15) is 30.5 Å². The molecule has 0 bridgehead atoms. The molecule has 0 aliphatic carbocycles. The van der Waals surface area contributed by atoms with Crippen LogP contribution in [0.5, 0.6) is 5.75 Å². The highest BCUT2D eigenvalue weighted by Crippen LogP contribution is 2.35. The van der Waals surface area contributed by atoms with Gasteiger partial charge in [-0.25, -0.2) is 4.39 Å². The summed E-state index contributed by atoms with van der Waals surface area (Å²) in [5.41, 5.74) is 3.04. The summed E-state index contributed by atoms with van der Waals surface area (Å²) in [7, 11) is 0. The number of rotatable bonds is 4. The molecule has 0 saturated carbocycles. The van der Waals surface area contributed by atoms with Gasteiger partial charge in [-0.1, -0.05) is 30.3 Å². The first-order chi connectivity index (χ1) is 10.0. The molecule has 3 rings (SSSR count). The minimum Gasteiger partial charge on any atom is -0.487 e. The van der Waals surface area contributed by atoms with Crippen molar-refractivity contribution in [2.75, 3.05) is 0 Å². The third kappa shape index (κ3) is 3.24. The second kappa shape index (κ2) is 5.49. The molecule has 1 aliphatic rings. The molecule has 3 heteroatoms. The lowest BCUT2D eigenvalue weighted by Crippen LogP contribution is -2.24. The summed E-state index contributed by atoms with van der Waals surface area (Å²) in [6, 6.07) is 13.1. The molecule has 0 atom stereocenters. The summed E-state index contributed by atoms with van der Waals surface area (Å²) in [5.74, 6) is 0.826. The minimum atomic E-state index is -0.158. The van der Waals surface area contributed by atoms with E-state index in [1.165, 1.54) is 17.2 Å². The lowest BCUT2D eigenvalue weighted by molar-refractivity contribution is 0.138. The first-order valence-corrected chi connectivity index (χ1v) is 7.28. The zero-order chi connectivity index (χ0) is 14.9. The van der Waals surface area contributed by atoms with Gasteiger partial charge in [-0.15, -0.1) is 0 Å². The van der Waals surface area contributed by atoms with Crippen LogP contribution in [0.4, 0.5) is 4.39 Å². The molecule has 0 saturated heterocycles. The van der Waals surface area contributed by atoms with Crippen molar-refractivity contribution >= 4 is 0 Å². The van der Waals surface area contributed by atoms with E-state index in [9.17, 15) is 4.39 Å². The van der Waals surface area contributed by atoms with Gasteiger partial charge in [0.25, 0.3) is 0 Å². The van der Waals surface area contributed by atoms with Crippen LogP contribution in [-0.2, 0) is 19.5 Å². The van der Waals surface area contributed by atoms with E-state index >= 15 is 0 Å². The summed E-state index contributed by atoms with van der Waals surface area (Å²) in [5, 5.41) is 3.29. The SMILES string of the molecule is CC1(C)Cc2cc(CNCc3ccccc3F)ccc2O1. The van der Waals surface area contributed by atoms with Crippen LogP contribution in [0, 0.1) is 5.82 Å². The van der Waals surface area contributed by atoms with Gasteiger partial charge < -0.3 is 10.1 Å². The summed E-state index contributed by atoms with van der Waals surface area (Å²) < 4.78 is 19.4. The number of ether oxygens (including phenoxy) is 1. The van der Waals surface area contributed by atoms with Gasteiger partial charge in [0.15, 0.2) is 0 Å². The fraction of sp³-hybridized carbons (Fsp3) is 0.333. The first kappa shape index (κ1) is 14.1. The van der Waals surface area contributed by atoms with Gasteiger partial charge in [-0.3, -0.25) is 0 Å². The van der Waals surface area contributed by atoms with Crippen LogP contribution in [0.2, 0.25) is 0 Å². The third-order valence-electron chi connectivity index (χ3n) is 3.73. The maximum Gasteiger partial charge on any atom is 0.127 e. The number of hydrogen-bond acceptors (Lipinski definition) is 2. The predicted molar refractivity (Wildman–Crippen MR) is 81.8 cm³/mol. The summed E-state index contributed by atoms with van der Waals surface area (Å²) in [6.45, 7) is 5.46. The maximum atomic E-state index is 13.5. The summed E-state index contributed by atoms with van der Waals surface area (Å²) >= 11 is 0. The van der Waals surface area contributed by atoms with Crippen LogP contribution < -0.4 is 10.1 Å². The van der Waals surface area contributed by atoms with Crippen LogP contribution in [0.3, 0.4) is 0 Å². The fourth-order valence-electron chi connectivity index (χ4n) is 2.76. The number of halogens is 1. The van der Waals surface area contributed by atoms with Crippen LogP contribution in [-0.4, -0.2) is 5.60 Å². The van der Waals surface area contributed by atoms with Gasteiger partial charge in [0.2, 0.25) is 0 Å². The highest BCUT2D eigenvalue weighted by atomic mass is 19.1. The Balaban J connectivity index is 1.61. The summed E-state index contributed by atoms with van der Waals surface area (Å²) in [4.78, 5) is 0. The average molecular weight is 285 g/mol. The first-order valence-electron chi connectivity index (χ1n) is 7.28. The molecular weight excluding hydrogens is 265 g/mol. The largest absolute Gasteiger partial charge is 0.487 e. The zero-order valence-electron chi connectivity index (χ0n) is 12.4. The number of hydrogen-bond donors (Lipinski definition) is 1. The van der Waals surface area contributed by atoms with Crippen LogP contribution in [0.25, 0.3) is 0 Å². The van der Waals surface area contributed by atoms with Crippen molar-refractivity contribution in [3.05, 3.63) is 65.0 Å². The number of benzene rings is 2. The second-order valence-electron chi connectivity index (χ2n) is 6.18. The molecule has 0 fully saturated rings. The van der Waals surface area contributed by atoms with Crippen LogP contribution in [0.15, 0.2) is 42.5 Å². The van der Waals surface area contributed by atoms with Gasteiger partial charge in [0, 0.05) is 25.1 Å². The summed E-state index contributed by atoms with van der Waals surface area (Å²) in [6.07, 6.45) is 0.934. The molecule has 0 spiro atoms. The third-order valence-corrected chi connectivity index (χ3v) is 3.73. The van der Waals surface area contributed by atoms with Crippen molar-refractivity contribution in [2.24, 2.45) is 0 Å². The smallest absolute Gasteiger partial charge is 0.127 e. The van der Waals surface area contributed by atoms with E-state index < -0.39 is 0 Å². The fourth-order valence-corrected chi connectivity index (χ4v) is 2.76. The van der Waals surface area contributed by atoms with Crippen molar-refractivity contribution in [1.29, 1.82) is 0 Å². The molecule has 1 heterocycles. The number of fused-ring (bicyclic) bond motifs is 1. The van der Waals surface area contributed by atoms with E-state index in [-0.39, 0.29) is 11.4 Å². The number of nitrogens with one attached hydrogen (secondary N) is 1. The standard InChI is InChI=1S/C18H20FNO/c1-18(2)10-15-9-13(7-8-17(15)21-18)11-20-12-14-5-3-4-6-16(14)19/h3-9,20H,10-12H2,1-2H3. The van der Waals surface area contributed by atoms with Crippen LogP contribution >= 0.6 is 0 Å². The molecule has 0 aromatic heterocycles. The van der Waals surface area contributed by atoms with E-state index in [2.05, 4.69) is 31.3 Å². The van der Waals surface area contributed by atoms with Gasteiger partial charge in [-0.2, -0.15) is 0 Å². The zero-order valence-corrected chi connectivity index (χ0v) is 12.4. The minimum absolute atomic E-state index is 0.110. The molecule has 0 radical (unpaired) electrons. The molecule has 110 valence electrons. The lowest BCUT2D eigenvalue weighted by atomic mass is 10.0. The molecule has 0 amide bonds. The normalized spacial score (nSPS) is 15.6. The maximum absolute atomic E-state index is 13.5. The Morgan fingerprint density at radius 1 is 1.14 bits per heavy atom. The second-order valence-corrected chi connectivity index (χ2v) is 6.18. The molecule has 1 aliphatic heterocycles. The van der Waals surface area contributed by atoms with Gasteiger partial charge >= 0.3 is 0 Å². The molecular formula is C18H20FNO. The monoisotopic (exact) mass is 285 g/mol. The molecule has 0 unspecified atom stereocenters. The van der Waals surface area contributed by atoms with E-state index in [4.69, 9.17) is 4.74 Å². The topological polar surface area (TPSA) is 21.3 Å². The van der Waals surface area contributed by atoms with E-state index in [0.29, 0.717) is 12.1 Å². The average Bonchev–Trinajstić information content (AvgIpc) is 2.74. The van der Waals surface area contributed by atoms with Crippen molar-refractivity contribution in [1.82, 2.24) is 5.32 Å². The molecule has 2 aromatic carbocycles. The molecule has 2 nitrogen and oxygen atoms in total. The Morgan fingerprint density at radius 2 is 1.95 bits per heavy atom. The quantitative estimate of drug-likeness (QED) is 0.922.